The van der Waals surface area contributed by atoms with Crippen LogP contribution in [0.3, 0.4) is 0 Å². The zero-order valence-corrected chi connectivity index (χ0v) is 9.51. The highest BCUT2D eigenvalue weighted by Gasteiger charge is 2.00. The predicted molar refractivity (Wildman–Crippen MR) is 62.2 cm³/mol. The van der Waals surface area contributed by atoms with Gasteiger partial charge in [-0.2, -0.15) is 0 Å². The SMILES string of the molecule is Fc1ccc(NCc2cc[nH]c2)c(Br)c1. The van der Waals surface area contributed by atoms with Gasteiger partial charge < -0.3 is 10.3 Å². The molecular weight excluding hydrogens is 259 g/mol. The van der Waals surface area contributed by atoms with Crippen LogP contribution in [0.25, 0.3) is 0 Å². The van der Waals surface area contributed by atoms with E-state index in [1.54, 1.807) is 6.07 Å². The molecule has 0 spiro atoms. The Bertz CT molecular complexity index is 440. The van der Waals surface area contributed by atoms with Crippen molar-refractivity contribution >= 4 is 21.6 Å². The molecule has 0 aliphatic heterocycles. The fourth-order valence-corrected chi connectivity index (χ4v) is 1.79. The second-order valence-electron chi connectivity index (χ2n) is 3.20. The fraction of sp³-hybridized carbons (Fsp3) is 0.0909. The molecule has 0 fully saturated rings. The molecule has 2 aromatic rings. The van der Waals surface area contributed by atoms with Crippen molar-refractivity contribution in [2.24, 2.45) is 0 Å². The van der Waals surface area contributed by atoms with Crippen molar-refractivity contribution in [3.8, 4) is 0 Å². The number of rotatable bonds is 3. The Kier molecular flexibility index (Phi) is 3.06. The molecule has 0 amide bonds. The first-order valence-electron chi connectivity index (χ1n) is 4.56. The van der Waals surface area contributed by atoms with Crippen molar-refractivity contribution in [3.05, 3.63) is 52.5 Å². The lowest BCUT2D eigenvalue weighted by Crippen LogP contribution is -1.98. The molecule has 1 aromatic heterocycles. The van der Waals surface area contributed by atoms with Crippen molar-refractivity contribution in [1.29, 1.82) is 0 Å². The van der Waals surface area contributed by atoms with Crippen molar-refractivity contribution in [1.82, 2.24) is 4.98 Å². The van der Waals surface area contributed by atoms with Crippen LogP contribution in [0.5, 0.6) is 0 Å². The van der Waals surface area contributed by atoms with Crippen molar-refractivity contribution in [2.45, 2.75) is 6.54 Å². The maximum absolute atomic E-state index is 12.8. The number of hydrogen-bond donors (Lipinski definition) is 2. The predicted octanol–water partition coefficient (Wildman–Crippen LogP) is 3.53. The molecule has 0 saturated carbocycles. The molecule has 1 heterocycles. The van der Waals surface area contributed by atoms with Gasteiger partial charge in [0.1, 0.15) is 5.82 Å². The van der Waals surface area contributed by atoms with Gasteiger partial charge >= 0.3 is 0 Å². The first kappa shape index (κ1) is 10.2. The van der Waals surface area contributed by atoms with Gasteiger partial charge in [0.15, 0.2) is 0 Å². The van der Waals surface area contributed by atoms with E-state index in [0.717, 1.165) is 15.7 Å². The Hall–Kier alpha value is -1.29. The molecule has 0 aliphatic carbocycles. The number of hydrogen-bond acceptors (Lipinski definition) is 1. The topological polar surface area (TPSA) is 27.8 Å². The van der Waals surface area contributed by atoms with E-state index in [0.29, 0.717) is 6.54 Å². The summed E-state index contributed by atoms with van der Waals surface area (Å²) < 4.78 is 13.5. The Morgan fingerprint density at radius 1 is 1.33 bits per heavy atom. The molecule has 2 N–H and O–H groups in total. The summed E-state index contributed by atoms with van der Waals surface area (Å²) >= 11 is 3.30. The highest BCUT2D eigenvalue weighted by atomic mass is 79.9. The van der Waals surface area contributed by atoms with E-state index >= 15 is 0 Å². The number of halogens is 2. The Balaban J connectivity index is 2.05. The molecule has 1 aromatic carbocycles. The Morgan fingerprint density at radius 3 is 2.87 bits per heavy atom. The average Bonchev–Trinajstić information content (AvgIpc) is 2.69. The van der Waals surface area contributed by atoms with Gasteiger partial charge in [-0.1, -0.05) is 0 Å². The third-order valence-electron chi connectivity index (χ3n) is 2.08. The van der Waals surface area contributed by atoms with E-state index in [1.165, 1.54) is 12.1 Å². The number of H-pyrrole nitrogens is 1. The van der Waals surface area contributed by atoms with Gasteiger partial charge in [-0.3, -0.25) is 0 Å². The van der Waals surface area contributed by atoms with Crippen molar-refractivity contribution < 1.29 is 4.39 Å². The Morgan fingerprint density at radius 2 is 2.20 bits per heavy atom. The summed E-state index contributed by atoms with van der Waals surface area (Å²) in [6.45, 7) is 0.716. The lowest BCUT2D eigenvalue weighted by Gasteiger charge is -2.07. The minimum absolute atomic E-state index is 0.242. The molecule has 0 aliphatic rings. The molecule has 4 heteroatoms. The van der Waals surface area contributed by atoms with Crippen LogP contribution in [0, 0.1) is 5.82 Å². The van der Waals surface area contributed by atoms with Crippen LogP contribution in [0.2, 0.25) is 0 Å². The van der Waals surface area contributed by atoms with Gasteiger partial charge in [0.2, 0.25) is 0 Å². The molecule has 0 unspecified atom stereocenters. The lowest BCUT2D eigenvalue weighted by atomic mass is 10.3. The van der Waals surface area contributed by atoms with Crippen LogP contribution in [0.4, 0.5) is 10.1 Å². The Labute approximate surface area is 95.6 Å². The molecule has 2 nitrogen and oxygen atoms in total. The zero-order valence-electron chi connectivity index (χ0n) is 7.93. The summed E-state index contributed by atoms with van der Waals surface area (Å²) in [7, 11) is 0. The normalized spacial score (nSPS) is 10.3. The molecule has 2 rings (SSSR count). The van der Waals surface area contributed by atoms with E-state index in [9.17, 15) is 4.39 Å². The maximum atomic E-state index is 12.8. The number of benzene rings is 1. The highest BCUT2D eigenvalue weighted by Crippen LogP contribution is 2.23. The van der Waals surface area contributed by atoms with Gasteiger partial charge in [0, 0.05) is 29.1 Å². The van der Waals surface area contributed by atoms with Gasteiger partial charge in [-0.05, 0) is 45.8 Å². The number of nitrogens with one attached hydrogen (secondary N) is 2. The van der Waals surface area contributed by atoms with E-state index in [-0.39, 0.29) is 5.82 Å². The van der Waals surface area contributed by atoms with Crippen LogP contribution in [0.15, 0.2) is 41.1 Å². The highest BCUT2D eigenvalue weighted by molar-refractivity contribution is 9.10. The number of aromatic amines is 1. The molecule has 0 bridgehead atoms. The monoisotopic (exact) mass is 268 g/mol. The largest absolute Gasteiger partial charge is 0.380 e. The van der Waals surface area contributed by atoms with Crippen LogP contribution >= 0.6 is 15.9 Å². The zero-order chi connectivity index (χ0) is 10.7. The summed E-state index contributed by atoms with van der Waals surface area (Å²) in [5.41, 5.74) is 2.05. The first-order valence-corrected chi connectivity index (χ1v) is 5.35. The summed E-state index contributed by atoms with van der Waals surface area (Å²) in [6, 6.07) is 6.58. The van der Waals surface area contributed by atoms with E-state index < -0.39 is 0 Å². The smallest absolute Gasteiger partial charge is 0.124 e. The summed E-state index contributed by atoms with van der Waals surface area (Å²) in [5.74, 6) is -0.242. The third-order valence-corrected chi connectivity index (χ3v) is 2.73. The van der Waals surface area contributed by atoms with E-state index in [4.69, 9.17) is 0 Å². The molecule has 0 saturated heterocycles. The second-order valence-corrected chi connectivity index (χ2v) is 4.05. The van der Waals surface area contributed by atoms with Gasteiger partial charge in [-0.25, -0.2) is 4.39 Å². The summed E-state index contributed by atoms with van der Waals surface area (Å²) in [6.07, 6.45) is 3.79. The molecule has 0 radical (unpaired) electrons. The first-order chi connectivity index (χ1) is 7.25. The van der Waals surface area contributed by atoms with Crippen molar-refractivity contribution in [3.63, 3.8) is 0 Å². The van der Waals surface area contributed by atoms with Gasteiger partial charge in [0.25, 0.3) is 0 Å². The number of anilines is 1. The van der Waals surface area contributed by atoms with Crippen LogP contribution in [-0.2, 0) is 6.54 Å². The third kappa shape index (κ3) is 2.59. The minimum atomic E-state index is -0.242. The van der Waals surface area contributed by atoms with Gasteiger partial charge in [-0.15, -0.1) is 0 Å². The quantitative estimate of drug-likeness (QED) is 0.876. The molecule has 0 atom stereocenters. The van der Waals surface area contributed by atoms with Crippen LogP contribution in [-0.4, -0.2) is 4.98 Å². The standard InChI is InChI=1S/C11H10BrFN2/c12-10-5-9(13)1-2-11(10)15-7-8-3-4-14-6-8/h1-6,14-15H,7H2. The van der Waals surface area contributed by atoms with E-state index in [1.807, 2.05) is 18.5 Å². The van der Waals surface area contributed by atoms with Crippen LogP contribution in [0.1, 0.15) is 5.56 Å². The summed E-state index contributed by atoms with van der Waals surface area (Å²) in [5, 5.41) is 3.21. The fourth-order valence-electron chi connectivity index (χ4n) is 1.30. The summed E-state index contributed by atoms with van der Waals surface area (Å²) in [4.78, 5) is 2.98. The molecule has 15 heavy (non-hydrogen) atoms. The lowest BCUT2D eigenvalue weighted by molar-refractivity contribution is 0.627. The second kappa shape index (κ2) is 4.49. The van der Waals surface area contributed by atoms with E-state index in [2.05, 4.69) is 26.2 Å². The maximum Gasteiger partial charge on any atom is 0.124 e. The van der Waals surface area contributed by atoms with Crippen LogP contribution < -0.4 is 5.32 Å². The molecular formula is C11H10BrFN2. The minimum Gasteiger partial charge on any atom is -0.380 e. The van der Waals surface area contributed by atoms with Crippen molar-refractivity contribution in [2.75, 3.05) is 5.32 Å². The van der Waals surface area contributed by atoms with Gasteiger partial charge in [0.05, 0.1) is 0 Å². The average molecular weight is 269 g/mol. The molecule has 78 valence electrons. The number of aromatic nitrogens is 1.